The van der Waals surface area contributed by atoms with Crippen molar-refractivity contribution >= 4 is 11.6 Å². The highest BCUT2D eigenvalue weighted by Crippen LogP contribution is 2.13. The predicted octanol–water partition coefficient (Wildman–Crippen LogP) is 2.88. The lowest BCUT2D eigenvalue weighted by Crippen LogP contribution is -2.26. The molecule has 0 aliphatic carbocycles. The lowest BCUT2D eigenvalue weighted by Gasteiger charge is -2.08. The van der Waals surface area contributed by atoms with Gasteiger partial charge >= 0.3 is 0 Å². The van der Waals surface area contributed by atoms with E-state index in [0.29, 0.717) is 18.7 Å². The van der Waals surface area contributed by atoms with Crippen LogP contribution in [0.25, 0.3) is 0 Å². The van der Waals surface area contributed by atoms with Crippen LogP contribution in [0.1, 0.15) is 10.4 Å². The molecule has 0 atom stereocenters. The van der Waals surface area contributed by atoms with Crippen LogP contribution < -0.4 is 10.8 Å². The SMILES string of the molecule is O=C(NOCCNc1ccccc1)c1cc(F)c(F)c(F)c1. The molecule has 0 aromatic heterocycles. The van der Waals surface area contributed by atoms with Crippen molar-refractivity contribution in [3.05, 3.63) is 65.5 Å². The normalized spacial score (nSPS) is 10.3. The second-order valence-electron chi connectivity index (χ2n) is 4.33. The molecular formula is C15H13F3N2O2. The van der Waals surface area contributed by atoms with Crippen LogP contribution in [-0.2, 0) is 4.84 Å². The summed E-state index contributed by atoms with van der Waals surface area (Å²) in [5.74, 6) is -5.35. The summed E-state index contributed by atoms with van der Waals surface area (Å²) in [6, 6.07) is 10.5. The van der Waals surface area contributed by atoms with Gasteiger partial charge in [-0.15, -0.1) is 0 Å². The Morgan fingerprint density at radius 2 is 1.68 bits per heavy atom. The molecule has 2 rings (SSSR count). The van der Waals surface area contributed by atoms with Crippen LogP contribution >= 0.6 is 0 Å². The number of rotatable bonds is 6. The smallest absolute Gasteiger partial charge is 0.275 e. The molecule has 0 aliphatic rings. The molecule has 2 aromatic rings. The van der Waals surface area contributed by atoms with E-state index < -0.39 is 23.4 Å². The highest BCUT2D eigenvalue weighted by atomic mass is 19.2. The van der Waals surface area contributed by atoms with Gasteiger partial charge in [-0.05, 0) is 24.3 Å². The quantitative estimate of drug-likeness (QED) is 0.490. The van der Waals surface area contributed by atoms with Gasteiger partial charge in [0.2, 0.25) is 0 Å². The zero-order valence-corrected chi connectivity index (χ0v) is 11.4. The van der Waals surface area contributed by atoms with Crippen LogP contribution in [-0.4, -0.2) is 19.1 Å². The maximum Gasteiger partial charge on any atom is 0.275 e. The largest absolute Gasteiger partial charge is 0.383 e. The van der Waals surface area contributed by atoms with Gasteiger partial charge in [-0.25, -0.2) is 18.7 Å². The van der Waals surface area contributed by atoms with Gasteiger partial charge in [0.15, 0.2) is 17.5 Å². The Labute approximate surface area is 124 Å². The topological polar surface area (TPSA) is 50.4 Å². The summed E-state index contributed by atoms with van der Waals surface area (Å²) in [5, 5.41) is 3.04. The van der Waals surface area contributed by atoms with E-state index in [1.807, 2.05) is 35.8 Å². The first kappa shape index (κ1) is 15.8. The lowest BCUT2D eigenvalue weighted by atomic mass is 10.2. The minimum Gasteiger partial charge on any atom is -0.383 e. The van der Waals surface area contributed by atoms with Crippen molar-refractivity contribution < 1.29 is 22.8 Å². The van der Waals surface area contributed by atoms with Crippen molar-refractivity contribution in [2.75, 3.05) is 18.5 Å². The molecule has 0 aliphatic heterocycles. The second-order valence-corrected chi connectivity index (χ2v) is 4.33. The van der Waals surface area contributed by atoms with Gasteiger partial charge < -0.3 is 5.32 Å². The summed E-state index contributed by atoms with van der Waals surface area (Å²) in [5.41, 5.74) is 2.55. The molecule has 0 saturated carbocycles. The van der Waals surface area contributed by atoms with Crippen molar-refractivity contribution in [1.82, 2.24) is 5.48 Å². The molecule has 0 radical (unpaired) electrons. The van der Waals surface area contributed by atoms with E-state index in [-0.39, 0.29) is 12.2 Å². The maximum atomic E-state index is 13.0. The summed E-state index contributed by atoms with van der Waals surface area (Å²) in [7, 11) is 0. The van der Waals surface area contributed by atoms with E-state index in [1.165, 1.54) is 0 Å². The minimum absolute atomic E-state index is 0.132. The molecule has 0 fully saturated rings. The van der Waals surface area contributed by atoms with Crippen LogP contribution in [0.2, 0.25) is 0 Å². The number of carbonyl (C=O) groups excluding carboxylic acids is 1. The average molecular weight is 310 g/mol. The third-order valence-corrected chi connectivity index (χ3v) is 2.72. The van der Waals surface area contributed by atoms with Crippen molar-refractivity contribution in [1.29, 1.82) is 0 Å². The second kappa shape index (κ2) is 7.46. The van der Waals surface area contributed by atoms with Crippen LogP contribution in [0.3, 0.4) is 0 Å². The number of carbonyl (C=O) groups is 1. The highest BCUT2D eigenvalue weighted by molar-refractivity contribution is 5.93. The molecule has 0 unspecified atom stereocenters. The molecular weight excluding hydrogens is 297 g/mol. The summed E-state index contributed by atoms with van der Waals surface area (Å²) in [6.07, 6.45) is 0. The van der Waals surface area contributed by atoms with E-state index in [9.17, 15) is 18.0 Å². The highest BCUT2D eigenvalue weighted by Gasteiger charge is 2.14. The van der Waals surface area contributed by atoms with Crippen LogP contribution in [0.4, 0.5) is 18.9 Å². The first-order chi connectivity index (χ1) is 10.6. The van der Waals surface area contributed by atoms with Crippen molar-refractivity contribution in [3.63, 3.8) is 0 Å². The zero-order chi connectivity index (χ0) is 15.9. The fraction of sp³-hybridized carbons (Fsp3) is 0.133. The Balaban J connectivity index is 1.76. The number of para-hydroxylation sites is 1. The third-order valence-electron chi connectivity index (χ3n) is 2.72. The van der Waals surface area contributed by atoms with Gasteiger partial charge in [-0.3, -0.25) is 9.63 Å². The molecule has 0 heterocycles. The van der Waals surface area contributed by atoms with Gasteiger partial charge in [-0.2, -0.15) is 0 Å². The number of hydroxylamine groups is 1. The zero-order valence-electron chi connectivity index (χ0n) is 11.4. The van der Waals surface area contributed by atoms with Crippen LogP contribution in [0.15, 0.2) is 42.5 Å². The first-order valence-corrected chi connectivity index (χ1v) is 6.43. The van der Waals surface area contributed by atoms with Crippen molar-refractivity contribution in [2.45, 2.75) is 0 Å². The fourth-order valence-corrected chi connectivity index (χ4v) is 1.66. The van der Waals surface area contributed by atoms with Gasteiger partial charge in [0.25, 0.3) is 5.91 Å². The van der Waals surface area contributed by atoms with Crippen molar-refractivity contribution in [2.24, 2.45) is 0 Å². The van der Waals surface area contributed by atoms with E-state index >= 15 is 0 Å². The molecule has 0 bridgehead atoms. The molecule has 116 valence electrons. The monoisotopic (exact) mass is 310 g/mol. The molecule has 2 aromatic carbocycles. The molecule has 7 heteroatoms. The standard InChI is InChI=1S/C15H13F3N2O2/c16-12-8-10(9-13(17)14(12)18)15(21)20-22-7-6-19-11-4-2-1-3-5-11/h1-5,8-9,19H,6-7H2,(H,20,21). The lowest BCUT2D eigenvalue weighted by molar-refractivity contribution is 0.0351. The number of amides is 1. The molecule has 2 N–H and O–H groups in total. The Bertz CT molecular complexity index is 627. The number of benzene rings is 2. The predicted molar refractivity (Wildman–Crippen MR) is 74.7 cm³/mol. The van der Waals surface area contributed by atoms with Crippen molar-refractivity contribution in [3.8, 4) is 0 Å². The Morgan fingerprint density at radius 1 is 1.05 bits per heavy atom. The summed E-state index contributed by atoms with van der Waals surface area (Å²) < 4.78 is 38.7. The summed E-state index contributed by atoms with van der Waals surface area (Å²) in [4.78, 5) is 16.5. The van der Waals surface area contributed by atoms with Gasteiger partial charge in [-0.1, -0.05) is 18.2 Å². The molecule has 0 saturated heterocycles. The molecule has 22 heavy (non-hydrogen) atoms. The molecule has 4 nitrogen and oxygen atoms in total. The number of hydrogen-bond donors (Lipinski definition) is 2. The van der Waals surface area contributed by atoms with E-state index in [0.717, 1.165) is 5.69 Å². The van der Waals surface area contributed by atoms with Gasteiger partial charge in [0.1, 0.15) is 0 Å². The van der Waals surface area contributed by atoms with E-state index in [2.05, 4.69) is 5.32 Å². The molecule has 1 amide bonds. The minimum atomic E-state index is -1.62. The Hall–Kier alpha value is -2.54. The maximum absolute atomic E-state index is 13.0. The summed E-state index contributed by atoms with van der Waals surface area (Å²) in [6.45, 7) is 0.545. The van der Waals surface area contributed by atoms with Crippen LogP contribution in [0.5, 0.6) is 0 Å². The number of nitrogens with one attached hydrogen (secondary N) is 2. The number of halogens is 3. The Morgan fingerprint density at radius 3 is 2.32 bits per heavy atom. The van der Waals surface area contributed by atoms with Crippen LogP contribution in [0, 0.1) is 17.5 Å². The van der Waals surface area contributed by atoms with E-state index in [1.54, 1.807) is 0 Å². The fourth-order valence-electron chi connectivity index (χ4n) is 1.66. The molecule has 0 spiro atoms. The number of hydrogen-bond acceptors (Lipinski definition) is 3. The third kappa shape index (κ3) is 4.23. The first-order valence-electron chi connectivity index (χ1n) is 6.43. The van der Waals surface area contributed by atoms with E-state index in [4.69, 9.17) is 4.84 Å². The van der Waals surface area contributed by atoms with Gasteiger partial charge in [0.05, 0.1) is 6.61 Å². The van der Waals surface area contributed by atoms with Gasteiger partial charge in [0, 0.05) is 17.8 Å². The average Bonchev–Trinajstić information content (AvgIpc) is 2.52. The summed E-state index contributed by atoms with van der Waals surface area (Å²) >= 11 is 0. The number of anilines is 1. The Kier molecular flexibility index (Phi) is 5.37.